The third-order valence-corrected chi connectivity index (χ3v) is 2.67. The molecule has 0 saturated heterocycles. The van der Waals surface area contributed by atoms with Crippen LogP contribution in [-0.4, -0.2) is 42.6 Å². The molecule has 0 unspecified atom stereocenters. The molecular formula is C11H14Cl2N2O2. The van der Waals surface area contributed by atoms with Crippen molar-refractivity contribution in [3.63, 3.8) is 0 Å². The maximum absolute atomic E-state index is 12.0. The molecule has 6 heteroatoms. The molecule has 1 heterocycles. The number of pyridine rings is 1. The molecule has 0 fully saturated rings. The van der Waals surface area contributed by atoms with Crippen LogP contribution in [0.1, 0.15) is 17.3 Å². The zero-order valence-electron chi connectivity index (χ0n) is 9.74. The van der Waals surface area contributed by atoms with Crippen LogP contribution in [0.5, 0.6) is 0 Å². The quantitative estimate of drug-likeness (QED) is 0.613. The molecule has 0 N–H and O–H groups in total. The highest BCUT2D eigenvalue weighted by atomic mass is 35.5. The van der Waals surface area contributed by atoms with E-state index in [1.807, 2.05) is 6.92 Å². The third-order valence-electron chi connectivity index (χ3n) is 2.17. The smallest absolute Gasteiger partial charge is 0.256 e. The topological polar surface area (TPSA) is 42.4 Å². The molecule has 0 saturated carbocycles. The monoisotopic (exact) mass is 276 g/mol. The van der Waals surface area contributed by atoms with Crippen LogP contribution in [0.25, 0.3) is 0 Å². The van der Waals surface area contributed by atoms with Crippen LogP contribution in [0.3, 0.4) is 0 Å². The van der Waals surface area contributed by atoms with E-state index in [0.717, 1.165) is 0 Å². The van der Waals surface area contributed by atoms with Gasteiger partial charge in [0, 0.05) is 20.2 Å². The van der Waals surface area contributed by atoms with E-state index in [1.54, 1.807) is 13.1 Å². The minimum Gasteiger partial charge on any atom is -0.380 e. The Labute approximate surface area is 110 Å². The summed E-state index contributed by atoms with van der Waals surface area (Å²) < 4.78 is 5.18. The van der Waals surface area contributed by atoms with E-state index in [-0.39, 0.29) is 16.2 Å². The summed E-state index contributed by atoms with van der Waals surface area (Å²) >= 11 is 11.5. The number of rotatable bonds is 5. The zero-order chi connectivity index (χ0) is 12.8. The number of carbonyl (C=O) groups excluding carboxylic acids is 1. The fourth-order valence-corrected chi connectivity index (χ4v) is 1.65. The maximum Gasteiger partial charge on any atom is 0.256 e. The predicted octanol–water partition coefficient (Wildman–Crippen LogP) is 2.50. The van der Waals surface area contributed by atoms with Crippen LogP contribution in [0.2, 0.25) is 10.3 Å². The van der Waals surface area contributed by atoms with Gasteiger partial charge in [0.2, 0.25) is 0 Å². The Morgan fingerprint density at radius 1 is 1.47 bits per heavy atom. The first kappa shape index (κ1) is 14.2. The molecule has 0 aliphatic heterocycles. The van der Waals surface area contributed by atoms with Gasteiger partial charge in [0.1, 0.15) is 10.3 Å². The summed E-state index contributed by atoms with van der Waals surface area (Å²) in [6, 6.07) is 3.11. The largest absolute Gasteiger partial charge is 0.380 e. The first-order valence-corrected chi connectivity index (χ1v) is 5.97. The number of likely N-dealkylation sites (N-methyl/N-ethyl adjacent to an activating group) is 1. The summed E-state index contributed by atoms with van der Waals surface area (Å²) in [5, 5.41) is 0.384. The molecule has 1 amide bonds. The van der Waals surface area contributed by atoms with Crippen molar-refractivity contribution in [1.82, 2.24) is 9.88 Å². The van der Waals surface area contributed by atoms with Gasteiger partial charge >= 0.3 is 0 Å². The molecule has 94 valence electrons. The SMILES string of the molecule is CCOCCN(C)C(=O)c1ccc(Cl)nc1Cl. The van der Waals surface area contributed by atoms with Gasteiger partial charge in [-0.1, -0.05) is 23.2 Å². The van der Waals surface area contributed by atoms with Crippen molar-refractivity contribution in [3.8, 4) is 0 Å². The Balaban J connectivity index is 2.68. The molecule has 4 nitrogen and oxygen atoms in total. The van der Waals surface area contributed by atoms with E-state index in [9.17, 15) is 4.79 Å². The van der Waals surface area contributed by atoms with E-state index in [1.165, 1.54) is 11.0 Å². The van der Waals surface area contributed by atoms with Gasteiger partial charge in [-0.3, -0.25) is 4.79 Å². The summed E-state index contributed by atoms with van der Waals surface area (Å²) in [4.78, 5) is 17.3. The van der Waals surface area contributed by atoms with Crippen LogP contribution in [0, 0.1) is 0 Å². The number of halogens is 2. The van der Waals surface area contributed by atoms with Crippen LogP contribution < -0.4 is 0 Å². The molecule has 0 radical (unpaired) electrons. The van der Waals surface area contributed by atoms with Crippen molar-refractivity contribution in [2.75, 3.05) is 26.8 Å². The number of amides is 1. The summed E-state index contributed by atoms with van der Waals surface area (Å²) in [5.74, 6) is -0.195. The van der Waals surface area contributed by atoms with Crippen molar-refractivity contribution in [2.24, 2.45) is 0 Å². The van der Waals surface area contributed by atoms with Crippen molar-refractivity contribution >= 4 is 29.1 Å². The lowest BCUT2D eigenvalue weighted by Gasteiger charge is -2.17. The molecule has 1 aromatic heterocycles. The van der Waals surface area contributed by atoms with E-state index >= 15 is 0 Å². The lowest BCUT2D eigenvalue weighted by Crippen LogP contribution is -2.30. The van der Waals surface area contributed by atoms with E-state index in [0.29, 0.717) is 25.3 Å². The van der Waals surface area contributed by atoms with Crippen molar-refractivity contribution in [3.05, 3.63) is 28.0 Å². The van der Waals surface area contributed by atoms with E-state index in [4.69, 9.17) is 27.9 Å². The minimum absolute atomic E-state index is 0.116. The van der Waals surface area contributed by atoms with Crippen molar-refractivity contribution in [1.29, 1.82) is 0 Å². The average Bonchev–Trinajstić information content (AvgIpc) is 2.28. The fourth-order valence-electron chi connectivity index (χ4n) is 1.22. The highest BCUT2D eigenvalue weighted by Gasteiger charge is 2.15. The van der Waals surface area contributed by atoms with Gasteiger partial charge in [0.05, 0.1) is 12.2 Å². The van der Waals surface area contributed by atoms with Gasteiger partial charge in [-0.15, -0.1) is 0 Å². The van der Waals surface area contributed by atoms with Crippen molar-refractivity contribution in [2.45, 2.75) is 6.92 Å². The Kier molecular flexibility index (Phi) is 5.68. The number of hydrogen-bond acceptors (Lipinski definition) is 3. The summed E-state index contributed by atoms with van der Waals surface area (Å²) in [5.41, 5.74) is 0.343. The number of aromatic nitrogens is 1. The fraction of sp³-hybridized carbons (Fsp3) is 0.455. The van der Waals surface area contributed by atoms with Gasteiger partial charge in [-0.05, 0) is 19.1 Å². The summed E-state index contributed by atoms with van der Waals surface area (Å²) in [6.07, 6.45) is 0. The number of hydrogen-bond donors (Lipinski definition) is 0. The first-order valence-electron chi connectivity index (χ1n) is 5.21. The first-order chi connectivity index (χ1) is 8.06. The molecule has 1 rings (SSSR count). The van der Waals surface area contributed by atoms with Crippen LogP contribution >= 0.6 is 23.2 Å². The molecule has 0 aliphatic rings. The van der Waals surface area contributed by atoms with E-state index < -0.39 is 0 Å². The van der Waals surface area contributed by atoms with Gasteiger partial charge in [0.15, 0.2) is 0 Å². The summed E-state index contributed by atoms with van der Waals surface area (Å²) in [7, 11) is 1.69. The Hall–Kier alpha value is -0.840. The molecule has 0 spiro atoms. The normalized spacial score (nSPS) is 10.4. The predicted molar refractivity (Wildman–Crippen MR) is 67.7 cm³/mol. The number of ether oxygens (including phenoxy) is 1. The molecule has 0 bridgehead atoms. The van der Waals surface area contributed by atoms with Crippen LogP contribution in [-0.2, 0) is 4.74 Å². The minimum atomic E-state index is -0.195. The summed E-state index contributed by atoms with van der Waals surface area (Å²) in [6.45, 7) is 3.54. The molecule has 0 aliphatic carbocycles. The number of nitrogens with zero attached hydrogens (tertiary/aromatic N) is 2. The standard InChI is InChI=1S/C11H14Cl2N2O2/c1-3-17-7-6-15(2)11(16)8-4-5-9(12)14-10(8)13/h4-5H,3,6-7H2,1-2H3. The van der Waals surface area contributed by atoms with Gasteiger partial charge in [-0.25, -0.2) is 4.98 Å². The van der Waals surface area contributed by atoms with Gasteiger partial charge in [-0.2, -0.15) is 0 Å². The molecular weight excluding hydrogens is 263 g/mol. The van der Waals surface area contributed by atoms with Crippen LogP contribution in [0.4, 0.5) is 0 Å². The molecule has 17 heavy (non-hydrogen) atoms. The van der Waals surface area contributed by atoms with Crippen molar-refractivity contribution < 1.29 is 9.53 Å². The second-order valence-electron chi connectivity index (χ2n) is 3.40. The Morgan fingerprint density at radius 2 is 2.18 bits per heavy atom. The van der Waals surface area contributed by atoms with Gasteiger partial charge in [0.25, 0.3) is 5.91 Å². The highest BCUT2D eigenvalue weighted by molar-refractivity contribution is 6.34. The molecule has 0 atom stereocenters. The molecule has 0 aromatic carbocycles. The lowest BCUT2D eigenvalue weighted by molar-refractivity contribution is 0.0709. The third kappa shape index (κ3) is 4.15. The number of carbonyl (C=O) groups is 1. The Bertz CT molecular complexity index is 399. The average molecular weight is 277 g/mol. The second-order valence-corrected chi connectivity index (χ2v) is 4.14. The zero-order valence-corrected chi connectivity index (χ0v) is 11.3. The van der Waals surface area contributed by atoms with Crippen LogP contribution in [0.15, 0.2) is 12.1 Å². The highest BCUT2D eigenvalue weighted by Crippen LogP contribution is 2.17. The van der Waals surface area contributed by atoms with E-state index in [2.05, 4.69) is 4.98 Å². The Morgan fingerprint density at radius 3 is 2.76 bits per heavy atom. The van der Waals surface area contributed by atoms with Gasteiger partial charge < -0.3 is 9.64 Å². The maximum atomic E-state index is 12.0. The molecule has 1 aromatic rings. The lowest BCUT2D eigenvalue weighted by atomic mass is 10.2. The second kappa shape index (κ2) is 6.79.